The van der Waals surface area contributed by atoms with Crippen molar-refractivity contribution in [1.29, 1.82) is 0 Å². The van der Waals surface area contributed by atoms with E-state index in [0.717, 1.165) is 0 Å². The summed E-state index contributed by atoms with van der Waals surface area (Å²) in [6.07, 6.45) is 0.579. The van der Waals surface area contributed by atoms with Crippen LogP contribution in [0.25, 0.3) is 0 Å². The van der Waals surface area contributed by atoms with Crippen LogP contribution in [0.3, 0.4) is 0 Å². The molecule has 34 heavy (non-hydrogen) atoms. The predicted molar refractivity (Wildman–Crippen MR) is 128 cm³/mol. The molecule has 0 fully saturated rings. The number of hydrogen-bond donors (Lipinski definition) is 2. The molecule has 1 amide bonds. The number of anilines is 1. The molecule has 2 aromatic carbocycles. The number of rotatable bonds is 15. The van der Waals surface area contributed by atoms with E-state index in [1.165, 1.54) is 38.5 Å². The topological polar surface area (TPSA) is 121 Å². The molecular formula is C23H32N2O8S. The van der Waals surface area contributed by atoms with Crippen LogP contribution in [0.4, 0.5) is 5.69 Å². The van der Waals surface area contributed by atoms with Gasteiger partial charge < -0.3 is 29.0 Å². The Balaban J connectivity index is 2.22. The van der Waals surface area contributed by atoms with E-state index in [4.69, 9.17) is 23.7 Å². The maximum Gasteiger partial charge on any atom is 0.261 e. The van der Waals surface area contributed by atoms with Crippen LogP contribution in [-0.2, 0) is 19.5 Å². The van der Waals surface area contributed by atoms with Gasteiger partial charge in [0.1, 0.15) is 5.75 Å². The van der Waals surface area contributed by atoms with Gasteiger partial charge in [-0.25, -0.2) is 8.42 Å². The molecule has 0 bridgehead atoms. The molecule has 0 radical (unpaired) electrons. The zero-order chi connectivity index (χ0) is 25.0. The van der Waals surface area contributed by atoms with Crippen LogP contribution >= 0.6 is 0 Å². The molecule has 0 aliphatic carbocycles. The minimum Gasteiger partial charge on any atom is -0.494 e. The lowest BCUT2D eigenvalue weighted by Crippen LogP contribution is -2.27. The van der Waals surface area contributed by atoms with E-state index in [1.807, 2.05) is 6.92 Å². The van der Waals surface area contributed by atoms with Gasteiger partial charge in [-0.2, -0.15) is 0 Å². The van der Waals surface area contributed by atoms with Crippen LogP contribution in [0.2, 0.25) is 0 Å². The first-order valence-electron chi connectivity index (χ1n) is 10.7. The van der Waals surface area contributed by atoms with Crippen LogP contribution in [-0.4, -0.2) is 68.6 Å². The highest BCUT2D eigenvalue weighted by Gasteiger charge is 2.22. The Kier molecular flexibility index (Phi) is 10.9. The van der Waals surface area contributed by atoms with Crippen molar-refractivity contribution in [3.8, 4) is 17.2 Å². The lowest BCUT2D eigenvalue weighted by Gasteiger charge is -2.16. The number of carbonyl (C=O) groups is 1. The monoisotopic (exact) mass is 496 g/mol. The Morgan fingerprint density at radius 1 is 0.941 bits per heavy atom. The largest absolute Gasteiger partial charge is 0.494 e. The Morgan fingerprint density at radius 2 is 1.62 bits per heavy atom. The highest BCUT2D eigenvalue weighted by molar-refractivity contribution is 7.92. The Morgan fingerprint density at radius 3 is 2.24 bits per heavy atom. The summed E-state index contributed by atoms with van der Waals surface area (Å²) in [5.41, 5.74) is 0.146. The van der Waals surface area contributed by atoms with E-state index in [2.05, 4.69) is 10.0 Å². The van der Waals surface area contributed by atoms with Gasteiger partial charge in [0.05, 0.1) is 50.2 Å². The maximum absolute atomic E-state index is 13.0. The molecule has 0 aromatic heterocycles. The third kappa shape index (κ3) is 7.79. The molecule has 0 spiro atoms. The molecule has 11 heteroatoms. The molecule has 2 aromatic rings. The molecule has 10 nitrogen and oxygen atoms in total. The summed E-state index contributed by atoms with van der Waals surface area (Å²) < 4.78 is 54.7. The fourth-order valence-electron chi connectivity index (χ4n) is 2.95. The van der Waals surface area contributed by atoms with E-state index in [0.29, 0.717) is 50.9 Å². The van der Waals surface area contributed by atoms with Gasteiger partial charge in [0.15, 0.2) is 11.5 Å². The average Bonchev–Trinajstić information content (AvgIpc) is 2.83. The van der Waals surface area contributed by atoms with Gasteiger partial charge in [0.25, 0.3) is 15.9 Å². The lowest BCUT2D eigenvalue weighted by atomic mass is 10.1. The summed E-state index contributed by atoms with van der Waals surface area (Å²) in [7, 11) is 0.448. The molecule has 0 unspecified atom stereocenters. The SMILES string of the molecule is CCOc1ccc(S(=O)(=O)Nc2cc(OC)c(OC)cc2C(=O)NCCCOCCOC)cc1. The second-order valence-corrected chi connectivity index (χ2v) is 8.66. The van der Waals surface area contributed by atoms with Crippen molar-refractivity contribution in [3.63, 3.8) is 0 Å². The van der Waals surface area contributed by atoms with E-state index in [9.17, 15) is 13.2 Å². The molecule has 2 rings (SSSR count). The fraction of sp³-hybridized carbons (Fsp3) is 0.435. The van der Waals surface area contributed by atoms with Crippen LogP contribution in [0.15, 0.2) is 41.3 Å². The fourth-order valence-corrected chi connectivity index (χ4v) is 4.02. The lowest BCUT2D eigenvalue weighted by molar-refractivity contribution is 0.0688. The number of amides is 1. The number of benzene rings is 2. The Bertz CT molecular complexity index is 1030. The van der Waals surface area contributed by atoms with Crippen LogP contribution < -0.4 is 24.2 Å². The van der Waals surface area contributed by atoms with Crippen molar-refractivity contribution >= 4 is 21.6 Å². The molecule has 0 saturated heterocycles. The Hall–Kier alpha value is -3.02. The predicted octanol–water partition coefficient (Wildman–Crippen LogP) is 2.69. The normalized spacial score (nSPS) is 11.1. The molecule has 0 aliphatic heterocycles. The van der Waals surface area contributed by atoms with Gasteiger partial charge in [0, 0.05) is 26.3 Å². The summed E-state index contributed by atoms with van der Waals surface area (Å²) in [6.45, 7) is 4.06. The first-order chi connectivity index (χ1) is 16.4. The minimum absolute atomic E-state index is 0.0188. The number of hydrogen-bond acceptors (Lipinski definition) is 8. The summed E-state index contributed by atoms with van der Waals surface area (Å²) >= 11 is 0. The van der Waals surface area contributed by atoms with Gasteiger partial charge in [0.2, 0.25) is 0 Å². The quantitative estimate of drug-likeness (QED) is 0.361. The van der Waals surface area contributed by atoms with Gasteiger partial charge in [-0.1, -0.05) is 0 Å². The molecule has 0 aliphatic rings. The van der Waals surface area contributed by atoms with E-state index in [-0.39, 0.29) is 21.9 Å². The number of ether oxygens (including phenoxy) is 5. The van der Waals surface area contributed by atoms with E-state index >= 15 is 0 Å². The van der Waals surface area contributed by atoms with Crippen molar-refractivity contribution in [1.82, 2.24) is 5.32 Å². The third-order valence-corrected chi connectivity index (χ3v) is 6.02. The number of nitrogens with one attached hydrogen (secondary N) is 2. The third-order valence-electron chi connectivity index (χ3n) is 4.64. The zero-order valence-corrected chi connectivity index (χ0v) is 20.7. The van der Waals surface area contributed by atoms with Crippen molar-refractivity contribution < 1.29 is 36.9 Å². The first kappa shape index (κ1) is 27.2. The summed E-state index contributed by atoms with van der Waals surface area (Å²) in [5, 5.41) is 2.77. The van der Waals surface area contributed by atoms with Crippen LogP contribution in [0.5, 0.6) is 17.2 Å². The van der Waals surface area contributed by atoms with Gasteiger partial charge in [-0.05, 0) is 43.7 Å². The van der Waals surface area contributed by atoms with E-state index in [1.54, 1.807) is 19.2 Å². The molecular weight excluding hydrogens is 464 g/mol. The average molecular weight is 497 g/mol. The summed E-state index contributed by atoms with van der Waals surface area (Å²) in [4.78, 5) is 12.9. The summed E-state index contributed by atoms with van der Waals surface area (Å²) in [6, 6.07) is 8.83. The Labute approximate surface area is 200 Å². The van der Waals surface area contributed by atoms with Crippen LogP contribution in [0, 0.1) is 0 Å². The highest BCUT2D eigenvalue weighted by atomic mass is 32.2. The minimum atomic E-state index is -4.00. The second-order valence-electron chi connectivity index (χ2n) is 6.98. The molecule has 188 valence electrons. The molecule has 0 heterocycles. The molecule has 0 saturated carbocycles. The second kappa shape index (κ2) is 13.6. The van der Waals surface area contributed by atoms with Crippen molar-refractivity contribution in [3.05, 3.63) is 42.0 Å². The summed E-state index contributed by atoms with van der Waals surface area (Å²) in [5.74, 6) is 0.649. The van der Waals surface area contributed by atoms with Crippen molar-refractivity contribution in [2.45, 2.75) is 18.2 Å². The van der Waals surface area contributed by atoms with Crippen LogP contribution in [0.1, 0.15) is 23.7 Å². The maximum atomic E-state index is 13.0. The smallest absolute Gasteiger partial charge is 0.261 e. The van der Waals surface area contributed by atoms with Gasteiger partial charge in [-0.3, -0.25) is 9.52 Å². The number of methoxy groups -OCH3 is 3. The first-order valence-corrected chi connectivity index (χ1v) is 12.2. The standard InChI is InChI=1S/C23H32N2O8S/c1-5-33-17-7-9-18(10-8-17)34(27,28)25-20-16-22(31-4)21(30-3)15-19(20)23(26)24-11-6-12-32-14-13-29-2/h7-10,15-16,25H,5-6,11-14H2,1-4H3,(H,24,26). The number of carbonyl (C=O) groups excluding carboxylic acids is 1. The number of sulfonamides is 1. The van der Waals surface area contributed by atoms with Gasteiger partial charge >= 0.3 is 0 Å². The van der Waals surface area contributed by atoms with Crippen molar-refractivity contribution in [2.24, 2.45) is 0 Å². The highest BCUT2D eigenvalue weighted by Crippen LogP contribution is 2.34. The van der Waals surface area contributed by atoms with Crippen molar-refractivity contribution in [2.75, 3.05) is 59.0 Å². The van der Waals surface area contributed by atoms with Gasteiger partial charge in [-0.15, -0.1) is 0 Å². The zero-order valence-electron chi connectivity index (χ0n) is 19.9. The van der Waals surface area contributed by atoms with E-state index < -0.39 is 15.9 Å². The molecule has 0 atom stereocenters. The molecule has 2 N–H and O–H groups in total.